The van der Waals surface area contributed by atoms with E-state index >= 15 is 0 Å². The molecule has 2 atom stereocenters. The zero-order valence-corrected chi connectivity index (χ0v) is 21.8. The molecular weight excluding hydrogens is 503 g/mol. The first-order chi connectivity index (χ1) is 14.7. The lowest BCUT2D eigenvalue weighted by Gasteiger charge is -2.31. The van der Waals surface area contributed by atoms with Crippen LogP contribution in [0, 0.1) is 11.8 Å². The molecule has 176 valence electrons. The number of nitrogens with one attached hydrogen (secondary N) is 1. The third-order valence-electron chi connectivity index (χ3n) is 6.27. The third-order valence-corrected chi connectivity index (χ3v) is 6.27. The van der Waals surface area contributed by atoms with Crippen molar-refractivity contribution in [2.24, 2.45) is 16.8 Å². The van der Waals surface area contributed by atoms with E-state index in [0.29, 0.717) is 19.1 Å². The van der Waals surface area contributed by atoms with Crippen molar-refractivity contribution in [3.8, 4) is 0 Å². The van der Waals surface area contributed by atoms with Gasteiger partial charge in [0.15, 0.2) is 5.96 Å². The Morgan fingerprint density at radius 3 is 2.68 bits per heavy atom. The summed E-state index contributed by atoms with van der Waals surface area (Å²) in [6, 6.07) is 8.84. The second-order valence-electron chi connectivity index (χ2n) is 8.82. The summed E-state index contributed by atoms with van der Waals surface area (Å²) in [5, 5.41) is 3.61. The highest BCUT2D eigenvalue weighted by Gasteiger charge is 2.25. The number of guanidine groups is 1. The van der Waals surface area contributed by atoms with Crippen molar-refractivity contribution >= 4 is 29.9 Å². The average molecular weight is 545 g/mol. The SMILES string of the molecule is CN=C(NCc1ccccc1CN1CCCC(C)C1)N1CCC(COCCOC)C1.I. The first-order valence-electron chi connectivity index (χ1n) is 11.5. The highest BCUT2D eigenvalue weighted by molar-refractivity contribution is 14.0. The minimum absolute atomic E-state index is 0. The van der Waals surface area contributed by atoms with Gasteiger partial charge in [-0.15, -0.1) is 24.0 Å². The average Bonchev–Trinajstić information content (AvgIpc) is 3.22. The van der Waals surface area contributed by atoms with Gasteiger partial charge < -0.3 is 19.7 Å². The van der Waals surface area contributed by atoms with Crippen LogP contribution < -0.4 is 5.32 Å². The monoisotopic (exact) mass is 544 g/mol. The summed E-state index contributed by atoms with van der Waals surface area (Å²) in [6.45, 7) is 10.8. The van der Waals surface area contributed by atoms with Crippen molar-refractivity contribution in [1.29, 1.82) is 0 Å². The quantitative estimate of drug-likeness (QED) is 0.223. The zero-order chi connectivity index (χ0) is 21.2. The maximum Gasteiger partial charge on any atom is 0.193 e. The van der Waals surface area contributed by atoms with Gasteiger partial charge in [0.1, 0.15) is 0 Å². The molecule has 6 nitrogen and oxygen atoms in total. The molecular formula is C24H41IN4O2. The molecule has 2 saturated heterocycles. The van der Waals surface area contributed by atoms with Gasteiger partial charge in [-0.1, -0.05) is 31.2 Å². The number of halogens is 1. The van der Waals surface area contributed by atoms with E-state index < -0.39 is 0 Å². The molecule has 0 aliphatic carbocycles. The molecule has 0 bridgehead atoms. The number of ether oxygens (including phenoxy) is 2. The highest BCUT2D eigenvalue weighted by Crippen LogP contribution is 2.20. The van der Waals surface area contributed by atoms with Gasteiger partial charge in [-0.05, 0) is 42.9 Å². The van der Waals surface area contributed by atoms with E-state index in [-0.39, 0.29) is 24.0 Å². The minimum Gasteiger partial charge on any atom is -0.382 e. The lowest BCUT2D eigenvalue weighted by molar-refractivity contribution is 0.0536. The Hall–Kier alpha value is -0.900. The number of piperidine rings is 1. The van der Waals surface area contributed by atoms with Gasteiger partial charge in [-0.3, -0.25) is 9.89 Å². The van der Waals surface area contributed by atoms with Gasteiger partial charge in [-0.25, -0.2) is 0 Å². The number of benzene rings is 1. The van der Waals surface area contributed by atoms with E-state index in [2.05, 4.69) is 51.3 Å². The number of likely N-dealkylation sites (tertiary alicyclic amines) is 2. The summed E-state index contributed by atoms with van der Waals surface area (Å²) in [5.74, 6) is 2.37. The van der Waals surface area contributed by atoms with E-state index in [9.17, 15) is 0 Å². The fourth-order valence-electron chi connectivity index (χ4n) is 4.62. The summed E-state index contributed by atoms with van der Waals surface area (Å²) in [7, 11) is 3.59. The van der Waals surface area contributed by atoms with Crippen LogP contribution in [0.25, 0.3) is 0 Å². The van der Waals surface area contributed by atoms with Crippen LogP contribution in [0.2, 0.25) is 0 Å². The Morgan fingerprint density at radius 1 is 1.13 bits per heavy atom. The molecule has 2 unspecified atom stereocenters. The largest absolute Gasteiger partial charge is 0.382 e. The van der Waals surface area contributed by atoms with Crippen LogP contribution in [0.3, 0.4) is 0 Å². The zero-order valence-electron chi connectivity index (χ0n) is 19.5. The first-order valence-corrected chi connectivity index (χ1v) is 11.5. The second-order valence-corrected chi connectivity index (χ2v) is 8.82. The van der Waals surface area contributed by atoms with Crippen molar-refractivity contribution in [2.45, 2.75) is 39.3 Å². The van der Waals surface area contributed by atoms with Crippen LogP contribution >= 0.6 is 24.0 Å². The van der Waals surface area contributed by atoms with E-state index in [1.807, 2.05) is 7.05 Å². The Labute approximate surface area is 205 Å². The Morgan fingerprint density at radius 2 is 1.94 bits per heavy atom. The van der Waals surface area contributed by atoms with Gasteiger partial charge in [0.2, 0.25) is 0 Å². The smallest absolute Gasteiger partial charge is 0.193 e. The number of hydrogen-bond acceptors (Lipinski definition) is 4. The van der Waals surface area contributed by atoms with E-state index in [0.717, 1.165) is 51.1 Å². The maximum absolute atomic E-state index is 5.73. The topological polar surface area (TPSA) is 49.3 Å². The number of methoxy groups -OCH3 is 1. The maximum atomic E-state index is 5.73. The van der Waals surface area contributed by atoms with Crippen LogP contribution in [0.15, 0.2) is 29.3 Å². The van der Waals surface area contributed by atoms with E-state index in [1.165, 1.54) is 37.1 Å². The summed E-state index contributed by atoms with van der Waals surface area (Å²) in [4.78, 5) is 9.51. The molecule has 0 spiro atoms. The predicted molar refractivity (Wildman–Crippen MR) is 138 cm³/mol. The molecule has 2 fully saturated rings. The van der Waals surface area contributed by atoms with Crippen molar-refractivity contribution in [3.63, 3.8) is 0 Å². The molecule has 1 aromatic carbocycles. The third kappa shape index (κ3) is 8.51. The normalized spacial score (nSPS) is 22.4. The molecule has 1 aromatic rings. The van der Waals surface area contributed by atoms with Crippen molar-refractivity contribution in [1.82, 2.24) is 15.1 Å². The lowest BCUT2D eigenvalue weighted by atomic mass is 9.99. The van der Waals surface area contributed by atoms with Crippen LogP contribution in [0.5, 0.6) is 0 Å². The van der Waals surface area contributed by atoms with Gasteiger partial charge >= 0.3 is 0 Å². The highest BCUT2D eigenvalue weighted by atomic mass is 127. The van der Waals surface area contributed by atoms with Crippen LogP contribution in [-0.2, 0) is 22.6 Å². The first kappa shape index (κ1) is 26.4. The minimum atomic E-state index is 0. The van der Waals surface area contributed by atoms with Gasteiger partial charge in [0, 0.05) is 52.8 Å². The Balaban J connectivity index is 0.00000341. The molecule has 2 heterocycles. The molecule has 0 radical (unpaired) electrons. The summed E-state index contributed by atoms with van der Waals surface area (Å²) in [6.07, 6.45) is 3.83. The lowest BCUT2D eigenvalue weighted by Crippen LogP contribution is -2.40. The fourth-order valence-corrected chi connectivity index (χ4v) is 4.62. The van der Waals surface area contributed by atoms with Gasteiger partial charge in [-0.2, -0.15) is 0 Å². The predicted octanol–water partition coefficient (Wildman–Crippen LogP) is 3.60. The molecule has 31 heavy (non-hydrogen) atoms. The summed E-state index contributed by atoms with van der Waals surface area (Å²) >= 11 is 0. The van der Waals surface area contributed by atoms with Crippen molar-refractivity contribution in [2.75, 3.05) is 60.2 Å². The van der Waals surface area contributed by atoms with Crippen LogP contribution in [0.4, 0.5) is 0 Å². The molecule has 3 rings (SSSR count). The molecule has 0 amide bonds. The molecule has 0 saturated carbocycles. The Kier molecular flexibility index (Phi) is 12.1. The van der Waals surface area contributed by atoms with Gasteiger partial charge in [0.25, 0.3) is 0 Å². The second kappa shape index (κ2) is 14.3. The molecule has 2 aliphatic rings. The summed E-state index contributed by atoms with van der Waals surface area (Å²) in [5.41, 5.74) is 2.80. The fraction of sp³-hybridized carbons (Fsp3) is 0.708. The number of nitrogens with zero attached hydrogens (tertiary/aromatic N) is 3. The standard InChI is InChI=1S/C24H40N4O2.HI/c1-20-7-6-11-27(16-20)18-23-9-5-4-8-22(23)15-26-24(25-2)28-12-10-21(17-28)19-30-14-13-29-3;/h4-5,8-9,20-21H,6-7,10-19H2,1-3H3,(H,25,26);1H. The van der Waals surface area contributed by atoms with Gasteiger partial charge in [0.05, 0.1) is 19.8 Å². The molecule has 7 heteroatoms. The number of hydrogen-bond donors (Lipinski definition) is 1. The number of rotatable bonds is 9. The van der Waals surface area contributed by atoms with Crippen molar-refractivity contribution < 1.29 is 9.47 Å². The molecule has 2 aliphatic heterocycles. The summed E-state index contributed by atoms with van der Waals surface area (Å²) < 4.78 is 10.8. The van der Waals surface area contributed by atoms with Crippen LogP contribution in [0.1, 0.15) is 37.3 Å². The molecule has 1 N–H and O–H groups in total. The number of aliphatic imine (C=N–C) groups is 1. The Bertz CT molecular complexity index is 673. The van der Waals surface area contributed by atoms with Crippen molar-refractivity contribution in [3.05, 3.63) is 35.4 Å². The van der Waals surface area contributed by atoms with E-state index in [4.69, 9.17) is 9.47 Å². The molecule has 0 aromatic heterocycles. The van der Waals surface area contributed by atoms with Crippen LogP contribution in [-0.4, -0.2) is 75.9 Å². The van der Waals surface area contributed by atoms with E-state index in [1.54, 1.807) is 7.11 Å².